The summed E-state index contributed by atoms with van der Waals surface area (Å²) in [7, 11) is 0. The van der Waals surface area contributed by atoms with E-state index >= 15 is 0 Å². The highest BCUT2D eigenvalue weighted by Gasteiger charge is 1.94. The lowest BCUT2D eigenvalue weighted by Gasteiger charge is -2.05. The van der Waals surface area contributed by atoms with E-state index < -0.39 is 0 Å². The third-order valence-electron chi connectivity index (χ3n) is 1.33. The van der Waals surface area contributed by atoms with Crippen LogP contribution in [0.1, 0.15) is 34.6 Å². The Labute approximate surface area is 114 Å². The van der Waals surface area contributed by atoms with E-state index in [1.165, 1.54) is 0 Å². The van der Waals surface area contributed by atoms with Gasteiger partial charge in [0.2, 0.25) is 0 Å². The van der Waals surface area contributed by atoms with Crippen molar-refractivity contribution >= 4 is 0 Å². The maximum atomic E-state index is 5.50. The first kappa shape index (κ1) is 21.5. The van der Waals surface area contributed by atoms with Crippen LogP contribution in [0.2, 0.25) is 0 Å². The predicted molar refractivity (Wildman–Crippen MR) is 85.4 cm³/mol. The van der Waals surface area contributed by atoms with E-state index in [4.69, 9.17) is 4.74 Å². The molecule has 0 rings (SSSR count). The van der Waals surface area contributed by atoms with E-state index in [9.17, 15) is 0 Å². The average molecular weight is 248 g/mol. The van der Waals surface area contributed by atoms with Crippen LogP contribution >= 0.6 is 0 Å². The van der Waals surface area contributed by atoms with Crippen molar-refractivity contribution in [1.82, 2.24) is 0 Å². The van der Waals surface area contributed by atoms with Gasteiger partial charge in [0.05, 0.1) is 0 Å². The molecule has 1 nitrogen and oxygen atoms in total. The topological polar surface area (TPSA) is 9.23 Å². The standard InChI is InChI=1S/C13H16O.2C2H6/c1-5-9-12(8-4)14-13(10-6-2)11-7-3;2*1-2/h5-11H,1-2,4H2,3H3;2*1-2H3/b11-7-,12-9+,13-10+;;. The highest BCUT2D eigenvalue weighted by molar-refractivity contribution is 5.23. The van der Waals surface area contributed by atoms with Crippen LogP contribution < -0.4 is 0 Å². The van der Waals surface area contributed by atoms with E-state index in [0.29, 0.717) is 5.76 Å². The fourth-order valence-electron chi connectivity index (χ4n) is 0.800. The molecule has 0 aromatic carbocycles. The largest absolute Gasteiger partial charge is 0.457 e. The first-order valence-electron chi connectivity index (χ1n) is 6.37. The second kappa shape index (κ2) is 20.6. The molecule has 0 aromatic rings. The van der Waals surface area contributed by atoms with Crippen LogP contribution in [0.25, 0.3) is 0 Å². The highest BCUT2D eigenvalue weighted by atomic mass is 16.5. The monoisotopic (exact) mass is 248 g/mol. The minimum absolute atomic E-state index is 0.659. The summed E-state index contributed by atoms with van der Waals surface area (Å²) in [5.74, 6) is 1.38. The van der Waals surface area contributed by atoms with E-state index in [1.54, 1.807) is 30.4 Å². The Morgan fingerprint density at radius 3 is 1.61 bits per heavy atom. The van der Waals surface area contributed by atoms with Crippen molar-refractivity contribution in [3.63, 3.8) is 0 Å². The molecule has 0 heterocycles. The molecule has 0 saturated heterocycles. The van der Waals surface area contributed by atoms with Gasteiger partial charge in [-0.25, -0.2) is 0 Å². The molecular weight excluding hydrogens is 220 g/mol. The minimum Gasteiger partial charge on any atom is -0.457 e. The van der Waals surface area contributed by atoms with Gasteiger partial charge >= 0.3 is 0 Å². The third kappa shape index (κ3) is 14.2. The smallest absolute Gasteiger partial charge is 0.127 e. The maximum absolute atomic E-state index is 5.50. The van der Waals surface area contributed by atoms with E-state index in [0.717, 1.165) is 5.76 Å². The van der Waals surface area contributed by atoms with Gasteiger partial charge in [0.25, 0.3) is 0 Å². The molecule has 0 aromatic heterocycles. The number of hydrogen-bond donors (Lipinski definition) is 0. The molecule has 102 valence electrons. The maximum Gasteiger partial charge on any atom is 0.127 e. The summed E-state index contributed by atoms with van der Waals surface area (Å²) < 4.78 is 5.50. The van der Waals surface area contributed by atoms with Gasteiger partial charge in [-0.2, -0.15) is 0 Å². The van der Waals surface area contributed by atoms with Crippen molar-refractivity contribution in [2.24, 2.45) is 0 Å². The quantitative estimate of drug-likeness (QED) is 0.416. The number of allylic oxidation sites excluding steroid dienone is 7. The van der Waals surface area contributed by atoms with Crippen LogP contribution in [0.3, 0.4) is 0 Å². The average Bonchev–Trinajstić information content (AvgIpc) is 2.43. The van der Waals surface area contributed by atoms with E-state index in [-0.39, 0.29) is 0 Å². The van der Waals surface area contributed by atoms with Gasteiger partial charge in [-0.3, -0.25) is 0 Å². The molecule has 0 spiro atoms. The van der Waals surface area contributed by atoms with Gasteiger partial charge in [-0.05, 0) is 31.2 Å². The summed E-state index contributed by atoms with van der Waals surface area (Å²) in [6.45, 7) is 20.7. The van der Waals surface area contributed by atoms with Gasteiger partial charge in [-0.1, -0.05) is 65.7 Å². The zero-order chi connectivity index (χ0) is 14.8. The SMILES string of the molecule is C=C/C=C(\C=C)OC(/C=C\C)=C/C=C.CC.CC. The normalized spacial score (nSPS) is 10.5. The number of rotatable bonds is 6. The van der Waals surface area contributed by atoms with Crippen LogP contribution in [0.5, 0.6) is 0 Å². The van der Waals surface area contributed by atoms with Gasteiger partial charge in [0.15, 0.2) is 0 Å². The number of hydrogen-bond acceptors (Lipinski definition) is 1. The molecule has 0 unspecified atom stereocenters. The molecule has 18 heavy (non-hydrogen) atoms. The van der Waals surface area contributed by atoms with Gasteiger partial charge < -0.3 is 4.74 Å². The van der Waals surface area contributed by atoms with Crippen LogP contribution in [0.4, 0.5) is 0 Å². The Balaban J connectivity index is -0.000000506. The minimum atomic E-state index is 0.659. The molecule has 0 aliphatic carbocycles. The molecule has 0 aliphatic rings. The van der Waals surface area contributed by atoms with Gasteiger partial charge in [0, 0.05) is 0 Å². The zero-order valence-electron chi connectivity index (χ0n) is 12.6. The zero-order valence-corrected chi connectivity index (χ0v) is 12.6. The molecule has 0 amide bonds. The fraction of sp³-hybridized carbons (Fsp3) is 0.294. The Morgan fingerprint density at radius 1 is 0.833 bits per heavy atom. The summed E-state index contributed by atoms with van der Waals surface area (Å²) in [6, 6.07) is 0. The van der Waals surface area contributed by atoms with Crippen LogP contribution in [-0.4, -0.2) is 0 Å². The fourth-order valence-corrected chi connectivity index (χ4v) is 0.800. The van der Waals surface area contributed by atoms with Crippen molar-refractivity contribution in [3.8, 4) is 0 Å². The summed E-state index contributed by atoms with van der Waals surface area (Å²) in [4.78, 5) is 0. The molecule has 0 bridgehead atoms. The van der Waals surface area contributed by atoms with Crippen molar-refractivity contribution < 1.29 is 4.74 Å². The van der Waals surface area contributed by atoms with Crippen LogP contribution in [0.15, 0.2) is 73.8 Å². The Kier molecular flexibility index (Phi) is 24.7. The van der Waals surface area contributed by atoms with Crippen LogP contribution in [0, 0.1) is 0 Å². The van der Waals surface area contributed by atoms with Crippen molar-refractivity contribution in [1.29, 1.82) is 0 Å². The predicted octanol–water partition coefficient (Wildman–Crippen LogP) is 5.96. The lowest BCUT2D eigenvalue weighted by Crippen LogP contribution is -1.87. The number of ether oxygens (including phenoxy) is 1. The molecule has 1 heteroatoms. The second-order valence-corrected chi connectivity index (χ2v) is 2.42. The van der Waals surface area contributed by atoms with Gasteiger partial charge in [-0.15, -0.1) is 0 Å². The Hall–Kier alpha value is -1.76. The highest BCUT2D eigenvalue weighted by Crippen LogP contribution is 2.09. The van der Waals surface area contributed by atoms with Crippen molar-refractivity contribution in [3.05, 3.63) is 73.8 Å². The summed E-state index contributed by atoms with van der Waals surface area (Å²) in [6.07, 6.45) is 12.2. The molecule has 0 atom stereocenters. The van der Waals surface area contributed by atoms with Crippen LogP contribution in [-0.2, 0) is 4.74 Å². The summed E-state index contributed by atoms with van der Waals surface area (Å²) in [5.41, 5.74) is 0. The summed E-state index contributed by atoms with van der Waals surface area (Å²) >= 11 is 0. The molecule has 0 fully saturated rings. The molecule has 0 aliphatic heterocycles. The van der Waals surface area contributed by atoms with E-state index in [2.05, 4.69) is 19.7 Å². The molecular formula is C17H28O. The Morgan fingerprint density at radius 2 is 1.28 bits per heavy atom. The lowest BCUT2D eigenvalue weighted by atomic mass is 10.3. The first-order valence-corrected chi connectivity index (χ1v) is 6.37. The van der Waals surface area contributed by atoms with Crippen molar-refractivity contribution in [2.45, 2.75) is 34.6 Å². The summed E-state index contributed by atoms with van der Waals surface area (Å²) in [5, 5.41) is 0. The first-order chi connectivity index (χ1) is 8.78. The second-order valence-electron chi connectivity index (χ2n) is 2.42. The molecule has 0 N–H and O–H groups in total. The van der Waals surface area contributed by atoms with Gasteiger partial charge in [0.1, 0.15) is 11.5 Å². The van der Waals surface area contributed by atoms with E-state index in [1.807, 2.05) is 46.8 Å². The molecule has 0 saturated carbocycles. The molecule has 0 radical (unpaired) electrons. The lowest BCUT2D eigenvalue weighted by molar-refractivity contribution is 0.336. The Bertz CT molecular complexity index is 291. The third-order valence-corrected chi connectivity index (χ3v) is 1.33. The van der Waals surface area contributed by atoms with Crippen molar-refractivity contribution in [2.75, 3.05) is 0 Å².